The molecule has 0 radical (unpaired) electrons. The summed E-state index contributed by atoms with van der Waals surface area (Å²) in [6.45, 7) is 8.95. The van der Waals surface area contributed by atoms with E-state index in [1.807, 2.05) is 6.92 Å². The Labute approximate surface area is 75.3 Å². The van der Waals surface area contributed by atoms with E-state index in [1.54, 1.807) is 0 Å². The number of rotatable bonds is 4. The summed E-state index contributed by atoms with van der Waals surface area (Å²) < 4.78 is 4.95. The number of hydrogen-bond acceptors (Lipinski definition) is 2. The van der Waals surface area contributed by atoms with Crippen LogP contribution >= 0.6 is 0 Å². The maximum Gasteiger partial charge on any atom is 0.305 e. The van der Waals surface area contributed by atoms with Crippen molar-refractivity contribution in [2.45, 2.75) is 47.0 Å². The minimum absolute atomic E-state index is 0.0936. The Balaban J connectivity index is 3.28. The number of ether oxygens (including phenoxy) is 1. The van der Waals surface area contributed by atoms with Gasteiger partial charge < -0.3 is 4.74 Å². The maximum absolute atomic E-state index is 10.7. The molecule has 0 aromatic rings. The fourth-order valence-corrected chi connectivity index (χ4v) is 0.891. The van der Waals surface area contributed by atoms with Crippen LogP contribution in [0.15, 0.2) is 0 Å². The molecule has 0 aliphatic rings. The van der Waals surface area contributed by atoms with Gasteiger partial charge in [-0.25, -0.2) is 0 Å². The molecule has 72 valence electrons. The molecule has 0 fully saturated rings. The molecular formula is C10H20O2. The summed E-state index contributed by atoms with van der Waals surface area (Å²) in [7, 11) is 0. The fraction of sp³-hybridized carbons (Fsp3) is 0.900. The first-order valence-corrected chi connectivity index (χ1v) is 4.61. The van der Waals surface area contributed by atoms with E-state index in [9.17, 15) is 4.79 Å². The molecule has 0 saturated carbocycles. The molecule has 0 spiro atoms. The van der Waals surface area contributed by atoms with Crippen molar-refractivity contribution < 1.29 is 9.53 Å². The number of carbonyl (C=O) groups is 1. The van der Waals surface area contributed by atoms with Crippen LogP contribution in [0.2, 0.25) is 0 Å². The predicted molar refractivity (Wildman–Crippen MR) is 49.9 cm³/mol. The largest absolute Gasteiger partial charge is 0.466 e. The molecule has 0 bridgehead atoms. The van der Waals surface area contributed by atoms with Crippen molar-refractivity contribution in [2.75, 3.05) is 6.61 Å². The molecule has 0 unspecified atom stereocenters. The van der Waals surface area contributed by atoms with Crippen molar-refractivity contribution in [3.8, 4) is 0 Å². The maximum atomic E-state index is 10.7. The first kappa shape index (κ1) is 11.5. The number of carbonyl (C=O) groups excluding carboxylic acids is 1. The zero-order chi connectivity index (χ0) is 9.61. The molecule has 0 aromatic carbocycles. The van der Waals surface area contributed by atoms with Gasteiger partial charge in [0.05, 0.1) is 6.61 Å². The minimum Gasteiger partial charge on any atom is -0.466 e. The molecule has 2 nitrogen and oxygen atoms in total. The first-order valence-electron chi connectivity index (χ1n) is 4.61. The van der Waals surface area contributed by atoms with Crippen LogP contribution in [0.4, 0.5) is 0 Å². The van der Waals surface area contributed by atoms with Crippen molar-refractivity contribution in [1.82, 2.24) is 0 Å². The summed E-state index contributed by atoms with van der Waals surface area (Å²) in [5, 5.41) is 0. The van der Waals surface area contributed by atoms with Crippen LogP contribution in [-0.4, -0.2) is 12.6 Å². The highest BCUT2D eigenvalue weighted by atomic mass is 16.5. The van der Waals surface area contributed by atoms with Gasteiger partial charge in [0.2, 0.25) is 0 Å². The topological polar surface area (TPSA) is 26.3 Å². The lowest BCUT2D eigenvalue weighted by molar-refractivity contribution is -0.143. The van der Waals surface area contributed by atoms with Gasteiger partial charge in [-0.05, 0) is 18.3 Å². The molecule has 0 aromatic heterocycles. The molecule has 0 amide bonds. The number of esters is 1. The third kappa shape index (κ3) is 7.58. The summed E-state index contributed by atoms with van der Waals surface area (Å²) in [6.07, 6.45) is 2.55. The van der Waals surface area contributed by atoms with Gasteiger partial charge in [-0.3, -0.25) is 4.79 Å². The highest BCUT2D eigenvalue weighted by Crippen LogP contribution is 2.20. The average Bonchev–Trinajstić information content (AvgIpc) is 1.96. The van der Waals surface area contributed by atoms with E-state index in [0.717, 1.165) is 12.8 Å². The molecule has 0 aliphatic heterocycles. The van der Waals surface area contributed by atoms with Crippen LogP contribution in [-0.2, 0) is 9.53 Å². The Kier molecular flexibility index (Phi) is 4.95. The van der Waals surface area contributed by atoms with Crippen LogP contribution in [0.5, 0.6) is 0 Å². The smallest absolute Gasteiger partial charge is 0.305 e. The van der Waals surface area contributed by atoms with Gasteiger partial charge >= 0.3 is 5.97 Å². The predicted octanol–water partition coefficient (Wildman–Crippen LogP) is 2.77. The second kappa shape index (κ2) is 5.18. The van der Waals surface area contributed by atoms with Crippen molar-refractivity contribution in [3.05, 3.63) is 0 Å². The van der Waals surface area contributed by atoms with E-state index >= 15 is 0 Å². The van der Waals surface area contributed by atoms with Gasteiger partial charge in [-0.2, -0.15) is 0 Å². The molecule has 0 aliphatic carbocycles. The Bertz CT molecular complexity index is 133. The summed E-state index contributed by atoms with van der Waals surface area (Å²) in [5.74, 6) is -0.0936. The summed E-state index contributed by atoms with van der Waals surface area (Å²) >= 11 is 0. The average molecular weight is 172 g/mol. The van der Waals surface area contributed by atoms with Crippen LogP contribution < -0.4 is 0 Å². The highest BCUT2D eigenvalue weighted by molar-refractivity contribution is 5.68. The van der Waals surface area contributed by atoms with Crippen molar-refractivity contribution in [2.24, 2.45) is 5.41 Å². The van der Waals surface area contributed by atoms with Crippen LogP contribution in [0.3, 0.4) is 0 Å². The zero-order valence-corrected chi connectivity index (χ0v) is 8.64. The van der Waals surface area contributed by atoms with Crippen LogP contribution in [0.1, 0.15) is 47.0 Å². The molecule has 12 heavy (non-hydrogen) atoms. The standard InChI is InChI=1S/C10H20O2/c1-5-9(11)12-8-6-7-10(2,3)4/h5-8H2,1-4H3. The molecular weight excluding hydrogens is 152 g/mol. The van der Waals surface area contributed by atoms with Crippen molar-refractivity contribution >= 4 is 5.97 Å². The normalized spacial score (nSPS) is 11.3. The van der Waals surface area contributed by atoms with Gasteiger partial charge in [0, 0.05) is 6.42 Å². The van der Waals surface area contributed by atoms with Crippen molar-refractivity contribution in [3.63, 3.8) is 0 Å². The lowest BCUT2D eigenvalue weighted by atomic mass is 9.91. The van der Waals surface area contributed by atoms with E-state index in [1.165, 1.54) is 0 Å². The zero-order valence-electron chi connectivity index (χ0n) is 8.64. The van der Waals surface area contributed by atoms with Crippen LogP contribution in [0, 0.1) is 5.41 Å². The molecule has 0 N–H and O–H groups in total. The molecule has 2 heteroatoms. The minimum atomic E-state index is -0.0936. The molecule has 0 rings (SSSR count). The number of hydrogen-bond donors (Lipinski definition) is 0. The first-order chi connectivity index (χ1) is 5.45. The van der Waals surface area contributed by atoms with E-state index in [2.05, 4.69) is 20.8 Å². The Morgan fingerprint density at radius 3 is 2.33 bits per heavy atom. The van der Waals surface area contributed by atoms with Gasteiger partial charge in [0.25, 0.3) is 0 Å². The van der Waals surface area contributed by atoms with Gasteiger partial charge in [-0.1, -0.05) is 27.7 Å². The van der Waals surface area contributed by atoms with Crippen molar-refractivity contribution in [1.29, 1.82) is 0 Å². The van der Waals surface area contributed by atoms with Gasteiger partial charge in [-0.15, -0.1) is 0 Å². The third-order valence-electron chi connectivity index (χ3n) is 1.62. The lowest BCUT2D eigenvalue weighted by Crippen LogP contribution is -2.09. The van der Waals surface area contributed by atoms with Gasteiger partial charge in [0.1, 0.15) is 0 Å². The fourth-order valence-electron chi connectivity index (χ4n) is 0.891. The van der Waals surface area contributed by atoms with Gasteiger partial charge in [0.15, 0.2) is 0 Å². The van der Waals surface area contributed by atoms with E-state index in [-0.39, 0.29) is 5.97 Å². The monoisotopic (exact) mass is 172 g/mol. The van der Waals surface area contributed by atoms with Crippen LogP contribution in [0.25, 0.3) is 0 Å². The summed E-state index contributed by atoms with van der Waals surface area (Å²) in [6, 6.07) is 0. The highest BCUT2D eigenvalue weighted by Gasteiger charge is 2.09. The Morgan fingerprint density at radius 2 is 1.92 bits per heavy atom. The lowest BCUT2D eigenvalue weighted by Gasteiger charge is -2.17. The quantitative estimate of drug-likeness (QED) is 0.481. The second-order valence-electron chi connectivity index (χ2n) is 4.24. The SMILES string of the molecule is CCC(=O)OCCCC(C)(C)C. The van der Waals surface area contributed by atoms with E-state index in [4.69, 9.17) is 4.74 Å². The molecule has 0 heterocycles. The summed E-state index contributed by atoms with van der Waals surface area (Å²) in [4.78, 5) is 10.7. The molecule has 0 atom stereocenters. The van der Waals surface area contributed by atoms with E-state index in [0.29, 0.717) is 18.4 Å². The second-order valence-corrected chi connectivity index (χ2v) is 4.24. The Hall–Kier alpha value is -0.530. The molecule has 0 saturated heterocycles. The Morgan fingerprint density at radius 1 is 1.33 bits per heavy atom. The summed E-state index contributed by atoms with van der Waals surface area (Å²) in [5.41, 5.74) is 0.346. The van der Waals surface area contributed by atoms with E-state index < -0.39 is 0 Å². The third-order valence-corrected chi connectivity index (χ3v) is 1.62.